The van der Waals surface area contributed by atoms with E-state index in [1.54, 1.807) is 11.3 Å². The van der Waals surface area contributed by atoms with Crippen LogP contribution in [-0.4, -0.2) is 30.1 Å². The molecule has 0 saturated carbocycles. The molecule has 1 aliphatic heterocycles. The highest BCUT2D eigenvalue weighted by Crippen LogP contribution is 2.24. The summed E-state index contributed by atoms with van der Waals surface area (Å²) in [7, 11) is 0. The molecule has 0 spiro atoms. The highest BCUT2D eigenvalue weighted by molar-refractivity contribution is 7.13. The number of carbonyl (C=O) groups is 1. The Morgan fingerprint density at radius 1 is 1.41 bits per heavy atom. The number of amides is 1. The van der Waals surface area contributed by atoms with Crippen LogP contribution in [0.2, 0.25) is 0 Å². The summed E-state index contributed by atoms with van der Waals surface area (Å²) in [5, 5.41) is 5.85. The predicted octanol–water partition coefficient (Wildman–Crippen LogP) is 2.96. The van der Waals surface area contributed by atoms with Crippen LogP contribution in [0.3, 0.4) is 0 Å². The van der Waals surface area contributed by atoms with Gasteiger partial charge in [-0.2, -0.15) is 0 Å². The van der Waals surface area contributed by atoms with Crippen molar-refractivity contribution in [3.8, 4) is 10.6 Å². The number of nitrogens with one attached hydrogen (secondary N) is 1. The first-order chi connectivity index (χ1) is 10.7. The second-order valence-corrected chi connectivity index (χ2v) is 6.48. The molecule has 1 atom stereocenters. The number of carbonyl (C=O) groups excluding carboxylic acids is 1. The number of rotatable bonds is 5. The maximum atomic E-state index is 12.0. The Morgan fingerprint density at radius 2 is 2.23 bits per heavy atom. The quantitative estimate of drug-likeness (QED) is 0.922. The van der Waals surface area contributed by atoms with Crippen molar-refractivity contribution in [2.75, 3.05) is 13.2 Å². The fourth-order valence-corrected chi connectivity index (χ4v) is 3.30. The molecule has 116 valence electrons. The lowest BCUT2D eigenvalue weighted by molar-refractivity contribution is -0.121. The Hall–Kier alpha value is -1.72. The van der Waals surface area contributed by atoms with E-state index < -0.39 is 0 Å². The van der Waals surface area contributed by atoms with Crippen molar-refractivity contribution in [1.82, 2.24) is 10.3 Å². The van der Waals surface area contributed by atoms with Gasteiger partial charge in [0.2, 0.25) is 5.91 Å². The number of hydrogen-bond donors (Lipinski definition) is 1. The predicted molar refractivity (Wildman–Crippen MR) is 88.0 cm³/mol. The van der Waals surface area contributed by atoms with Gasteiger partial charge in [-0.05, 0) is 19.8 Å². The summed E-state index contributed by atoms with van der Waals surface area (Å²) in [6, 6.07) is 8.28. The molecule has 1 saturated heterocycles. The zero-order valence-electron chi connectivity index (χ0n) is 12.7. The van der Waals surface area contributed by atoms with Gasteiger partial charge in [0.1, 0.15) is 5.01 Å². The summed E-state index contributed by atoms with van der Waals surface area (Å²) in [6.07, 6.45) is 2.64. The fraction of sp³-hybridized carbons (Fsp3) is 0.412. The van der Waals surface area contributed by atoms with Crippen LogP contribution in [0.15, 0.2) is 29.6 Å². The number of thiazole rings is 1. The van der Waals surface area contributed by atoms with Crippen LogP contribution in [0.4, 0.5) is 0 Å². The van der Waals surface area contributed by atoms with Gasteiger partial charge in [0.05, 0.1) is 18.2 Å². The summed E-state index contributed by atoms with van der Waals surface area (Å²) in [4.78, 5) is 16.5. The largest absolute Gasteiger partial charge is 0.376 e. The molecule has 1 N–H and O–H groups in total. The Bertz CT molecular complexity index is 630. The monoisotopic (exact) mass is 316 g/mol. The maximum Gasteiger partial charge on any atom is 0.226 e. The molecule has 2 aromatic rings. The van der Waals surface area contributed by atoms with Crippen LogP contribution in [0.25, 0.3) is 10.6 Å². The number of benzene rings is 1. The van der Waals surface area contributed by atoms with Gasteiger partial charge < -0.3 is 10.1 Å². The fourth-order valence-electron chi connectivity index (χ4n) is 2.48. The van der Waals surface area contributed by atoms with Gasteiger partial charge in [-0.25, -0.2) is 4.98 Å². The molecule has 5 heteroatoms. The standard InChI is InChI=1S/C17H20N2O2S/c1-12-4-6-13(7-5-12)17-19-14(11-22-17)9-16(20)18-10-15-3-2-8-21-15/h4-7,11,15H,2-3,8-10H2,1H3,(H,18,20). The van der Waals surface area contributed by atoms with E-state index in [0.717, 1.165) is 35.7 Å². The van der Waals surface area contributed by atoms with Crippen molar-refractivity contribution >= 4 is 17.2 Å². The Balaban J connectivity index is 1.54. The van der Waals surface area contributed by atoms with Gasteiger partial charge in [-0.1, -0.05) is 29.8 Å². The van der Waals surface area contributed by atoms with Gasteiger partial charge in [0.15, 0.2) is 0 Å². The van der Waals surface area contributed by atoms with Gasteiger partial charge in [0.25, 0.3) is 0 Å². The summed E-state index contributed by atoms with van der Waals surface area (Å²) in [5.41, 5.74) is 3.15. The van der Waals surface area contributed by atoms with Crippen molar-refractivity contribution in [3.05, 3.63) is 40.9 Å². The SMILES string of the molecule is Cc1ccc(-c2nc(CC(=O)NCC3CCCO3)cs2)cc1. The van der Waals surface area contributed by atoms with Crippen molar-refractivity contribution in [3.63, 3.8) is 0 Å². The third kappa shape index (κ3) is 3.93. The molecule has 1 aromatic carbocycles. The number of hydrogen-bond acceptors (Lipinski definition) is 4. The Kier molecular flexibility index (Phi) is 4.85. The van der Waals surface area contributed by atoms with Crippen molar-refractivity contribution in [2.24, 2.45) is 0 Å². The second kappa shape index (κ2) is 7.03. The summed E-state index contributed by atoms with van der Waals surface area (Å²) < 4.78 is 5.50. The highest BCUT2D eigenvalue weighted by Gasteiger charge is 2.16. The van der Waals surface area contributed by atoms with Crippen molar-refractivity contribution in [1.29, 1.82) is 0 Å². The van der Waals surface area contributed by atoms with E-state index >= 15 is 0 Å². The van der Waals surface area contributed by atoms with Gasteiger partial charge in [-0.15, -0.1) is 11.3 Å². The highest BCUT2D eigenvalue weighted by atomic mass is 32.1. The normalized spacial score (nSPS) is 17.6. The van der Waals surface area contributed by atoms with Crippen molar-refractivity contribution < 1.29 is 9.53 Å². The zero-order valence-corrected chi connectivity index (χ0v) is 13.5. The minimum atomic E-state index is 0.0104. The van der Waals surface area contributed by atoms with Crippen molar-refractivity contribution in [2.45, 2.75) is 32.3 Å². The summed E-state index contributed by atoms with van der Waals surface area (Å²) in [5.74, 6) is 0.0104. The Labute approximate surface area is 134 Å². The van der Waals surface area contributed by atoms with Gasteiger partial charge >= 0.3 is 0 Å². The van der Waals surface area contributed by atoms with E-state index in [0.29, 0.717) is 13.0 Å². The number of nitrogens with zero attached hydrogens (tertiary/aromatic N) is 1. The number of ether oxygens (including phenoxy) is 1. The van der Waals surface area contributed by atoms with E-state index in [1.807, 2.05) is 5.38 Å². The topological polar surface area (TPSA) is 51.2 Å². The number of aryl methyl sites for hydroxylation is 1. The molecule has 4 nitrogen and oxygen atoms in total. The summed E-state index contributed by atoms with van der Waals surface area (Å²) >= 11 is 1.58. The molecule has 1 aliphatic rings. The average molecular weight is 316 g/mol. The smallest absolute Gasteiger partial charge is 0.226 e. The van der Waals surface area contributed by atoms with Crippen LogP contribution in [0.1, 0.15) is 24.1 Å². The van der Waals surface area contributed by atoms with Crippen LogP contribution in [-0.2, 0) is 16.0 Å². The first kappa shape index (κ1) is 15.2. The van der Waals surface area contributed by atoms with Crippen LogP contribution < -0.4 is 5.32 Å². The molecule has 0 aliphatic carbocycles. The lowest BCUT2D eigenvalue weighted by atomic mass is 10.2. The molecule has 0 radical (unpaired) electrons. The van der Waals surface area contributed by atoms with E-state index in [-0.39, 0.29) is 12.0 Å². The molecule has 22 heavy (non-hydrogen) atoms. The third-order valence-corrected chi connectivity index (χ3v) is 4.68. The molecule has 1 fully saturated rings. The number of aromatic nitrogens is 1. The molecular formula is C17H20N2O2S. The molecule has 1 unspecified atom stereocenters. The molecule has 0 bridgehead atoms. The van der Waals surface area contributed by atoms with E-state index in [1.165, 1.54) is 5.56 Å². The van der Waals surface area contributed by atoms with Gasteiger partial charge in [0, 0.05) is 24.1 Å². The van der Waals surface area contributed by atoms with E-state index in [4.69, 9.17) is 4.74 Å². The molecule has 3 rings (SSSR count). The maximum absolute atomic E-state index is 12.0. The first-order valence-electron chi connectivity index (χ1n) is 7.60. The molecule has 1 amide bonds. The van der Waals surface area contributed by atoms with Crippen LogP contribution in [0, 0.1) is 6.92 Å². The second-order valence-electron chi connectivity index (χ2n) is 5.63. The van der Waals surface area contributed by atoms with Crippen LogP contribution in [0.5, 0.6) is 0 Å². The zero-order chi connectivity index (χ0) is 15.4. The third-order valence-electron chi connectivity index (χ3n) is 3.74. The average Bonchev–Trinajstić information content (AvgIpc) is 3.17. The van der Waals surface area contributed by atoms with Gasteiger partial charge in [-0.3, -0.25) is 4.79 Å². The summed E-state index contributed by atoms with van der Waals surface area (Å²) in [6.45, 7) is 3.48. The first-order valence-corrected chi connectivity index (χ1v) is 8.48. The van der Waals surface area contributed by atoms with Crippen LogP contribution >= 0.6 is 11.3 Å². The lowest BCUT2D eigenvalue weighted by Crippen LogP contribution is -2.32. The minimum absolute atomic E-state index is 0.0104. The molecular weight excluding hydrogens is 296 g/mol. The van der Waals surface area contributed by atoms with E-state index in [2.05, 4.69) is 41.5 Å². The minimum Gasteiger partial charge on any atom is -0.376 e. The molecule has 2 heterocycles. The Morgan fingerprint density at radius 3 is 2.95 bits per heavy atom. The molecule has 1 aromatic heterocycles. The lowest BCUT2D eigenvalue weighted by Gasteiger charge is -2.09. The van der Waals surface area contributed by atoms with E-state index in [9.17, 15) is 4.79 Å².